The van der Waals surface area contributed by atoms with E-state index in [1.165, 1.54) is 6.07 Å². The average Bonchev–Trinajstić information content (AvgIpc) is 2.46. The van der Waals surface area contributed by atoms with E-state index in [9.17, 15) is 9.59 Å². The van der Waals surface area contributed by atoms with E-state index in [1.54, 1.807) is 24.3 Å². The van der Waals surface area contributed by atoms with Crippen LogP contribution in [0.5, 0.6) is 0 Å². The molecule has 0 spiro atoms. The molecule has 22 heavy (non-hydrogen) atoms. The van der Waals surface area contributed by atoms with Gasteiger partial charge in [-0.2, -0.15) is 0 Å². The molecule has 0 saturated carbocycles. The van der Waals surface area contributed by atoms with E-state index in [1.807, 2.05) is 6.92 Å². The standard InChI is InChI=1S/C18H23NO3/c1-12(2)7-6-8-13(3)19-18(21)17-11-15(20)14-9-4-5-10-16(14)22-17/h4-5,9-13H,6-8H2,1-3H3,(H,19,21). The van der Waals surface area contributed by atoms with Crippen LogP contribution in [0.1, 0.15) is 50.6 Å². The zero-order valence-corrected chi connectivity index (χ0v) is 13.4. The minimum absolute atomic E-state index is 0.0584. The minimum Gasteiger partial charge on any atom is -0.451 e. The molecule has 1 heterocycles. The summed E-state index contributed by atoms with van der Waals surface area (Å²) in [4.78, 5) is 24.2. The van der Waals surface area contributed by atoms with Crippen molar-refractivity contribution >= 4 is 16.9 Å². The molecule has 118 valence electrons. The Bertz CT molecular complexity index is 703. The number of fused-ring (bicyclic) bond motifs is 1. The fourth-order valence-corrected chi connectivity index (χ4v) is 2.42. The van der Waals surface area contributed by atoms with Crippen molar-refractivity contribution in [3.05, 3.63) is 46.3 Å². The van der Waals surface area contributed by atoms with Crippen molar-refractivity contribution in [2.45, 2.75) is 46.1 Å². The maximum Gasteiger partial charge on any atom is 0.287 e. The quantitative estimate of drug-likeness (QED) is 0.884. The molecule has 2 aromatic rings. The highest BCUT2D eigenvalue weighted by Crippen LogP contribution is 2.12. The molecule has 0 bridgehead atoms. The molecule has 2 rings (SSSR count). The fraction of sp³-hybridized carbons (Fsp3) is 0.444. The van der Waals surface area contributed by atoms with Crippen LogP contribution in [0.25, 0.3) is 11.0 Å². The number of benzene rings is 1. The number of para-hydroxylation sites is 1. The highest BCUT2D eigenvalue weighted by molar-refractivity contribution is 5.93. The van der Waals surface area contributed by atoms with Crippen LogP contribution in [0.15, 0.2) is 39.5 Å². The number of carbonyl (C=O) groups excluding carboxylic acids is 1. The first-order valence-corrected chi connectivity index (χ1v) is 7.81. The molecular formula is C18H23NO3. The largest absolute Gasteiger partial charge is 0.451 e. The van der Waals surface area contributed by atoms with E-state index >= 15 is 0 Å². The van der Waals surface area contributed by atoms with Crippen molar-refractivity contribution in [1.82, 2.24) is 5.32 Å². The summed E-state index contributed by atoms with van der Waals surface area (Å²) >= 11 is 0. The molecule has 0 aliphatic carbocycles. The summed E-state index contributed by atoms with van der Waals surface area (Å²) in [5, 5.41) is 3.38. The Hall–Kier alpha value is -2.10. The van der Waals surface area contributed by atoms with Gasteiger partial charge < -0.3 is 9.73 Å². The van der Waals surface area contributed by atoms with Gasteiger partial charge in [-0.15, -0.1) is 0 Å². The maximum absolute atomic E-state index is 12.2. The number of nitrogens with one attached hydrogen (secondary N) is 1. The van der Waals surface area contributed by atoms with Crippen LogP contribution in [0.3, 0.4) is 0 Å². The molecule has 4 nitrogen and oxygen atoms in total. The molecule has 4 heteroatoms. The van der Waals surface area contributed by atoms with Gasteiger partial charge in [0.2, 0.25) is 0 Å². The van der Waals surface area contributed by atoms with Crippen molar-refractivity contribution in [1.29, 1.82) is 0 Å². The molecule has 0 aliphatic rings. The molecule has 0 radical (unpaired) electrons. The predicted molar refractivity (Wildman–Crippen MR) is 88.1 cm³/mol. The van der Waals surface area contributed by atoms with E-state index in [4.69, 9.17) is 4.42 Å². The molecule has 1 unspecified atom stereocenters. The van der Waals surface area contributed by atoms with Crippen LogP contribution in [0.2, 0.25) is 0 Å². The Morgan fingerprint density at radius 1 is 1.18 bits per heavy atom. The molecule has 1 aromatic carbocycles. The normalized spacial score (nSPS) is 12.5. The Morgan fingerprint density at radius 3 is 2.64 bits per heavy atom. The van der Waals surface area contributed by atoms with Crippen LogP contribution in [0.4, 0.5) is 0 Å². The maximum atomic E-state index is 12.2. The lowest BCUT2D eigenvalue weighted by molar-refractivity contribution is 0.0910. The van der Waals surface area contributed by atoms with Gasteiger partial charge in [-0.05, 0) is 31.4 Å². The van der Waals surface area contributed by atoms with Crippen molar-refractivity contribution < 1.29 is 9.21 Å². The van der Waals surface area contributed by atoms with Gasteiger partial charge in [0.15, 0.2) is 11.2 Å². The van der Waals surface area contributed by atoms with E-state index in [2.05, 4.69) is 19.2 Å². The molecule has 0 aliphatic heterocycles. The molecular weight excluding hydrogens is 278 g/mol. The SMILES string of the molecule is CC(C)CCCC(C)NC(=O)c1cc(=O)c2ccccc2o1. The van der Waals surface area contributed by atoms with Gasteiger partial charge in [0, 0.05) is 12.1 Å². The molecule has 0 fully saturated rings. The Morgan fingerprint density at radius 2 is 1.91 bits per heavy atom. The first kappa shape index (κ1) is 16.3. The molecule has 0 saturated heterocycles. The van der Waals surface area contributed by atoms with Crippen LogP contribution >= 0.6 is 0 Å². The third kappa shape index (κ3) is 4.20. The molecule has 1 N–H and O–H groups in total. The summed E-state index contributed by atoms with van der Waals surface area (Å²) in [6, 6.07) is 8.26. The fourth-order valence-electron chi connectivity index (χ4n) is 2.42. The van der Waals surface area contributed by atoms with Gasteiger partial charge in [-0.25, -0.2) is 0 Å². The van der Waals surface area contributed by atoms with Crippen LogP contribution in [-0.4, -0.2) is 11.9 Å². The van der Waals surface area contributed by atoms with E-state index in [-0.39, 0.29) is 23.1 Å². The third-order valence-electron chi connectivity index (χ3n) is 3.65. The Labute approximate surface area is 130 Å². The first-order valence-electron chi connectivity index (χ1n) is 7.81. The first-order chi connectivity index (χ1) is 10.5. The molecule has 1 aromatic heterocycles. The van der Waals surface area contributed by atoms with Crippen molar-refractivity contribution in [2.75, 3.05) is 0 Å². The lowest BCUT2D eigenvalue weighted by Crippen LogP contribution is -2.33. The van der Waals surface area contributed by atoms with E-state index in [0.29, 0.717) is 16.9 Å². The topological polar surface area (TPSA) is 59.3 Å². The third-order valence-corrected chi connectivity index (χ3v) is 3.65. The van der Waals surface area contributed by atoms with Crippen molar-refractivity contribution in [3.8, 4) is 0 Å². The van der Waals surface area contributed by atoms with Gasteiger partial charge in [0.1, 0.15) is 5.58 Å². The van der Waals surface area contributed by atoms with Crippen molar-refractivity contribution in [3.63, 3.8) is 0 Å². The van der Waals surface area contributed by atoms with Crippen molar-refractivity contribution in [2.24, 2.45) is 5.92 Å². The molecule has 1 atom stereocenters. The van der Waals surface area contributed by atoms with Crippen LogP contribution in [-0.2, 0) is 0 Å². The number of hydrogen-bond donors (Lipinski definition) is 1. The minimum atomic E-state index is -0.333. The Kier molecular flexibility index (Phi) is 5.36. The summed E-state index contributed by atoms with van der Waals surface area (Å²) in [5.41, 5.74) is 0.243. The predicted octanol–water partition coefficient (Wildman–Crippen LogP) is 3.74. The van der Waals surface area contributed by atoms with E-state index < -0.39 is 0 Å². The highest BCUT2D eigenvalue weighted by Gasteiger charge is 2.14. The summed E-state index contributed by atoms with van der Waals surface area (Å²) < 4.78 is 5.54. The average molecular weight is 301 g/mol. The van der Waals surface area contributed by atoms with Crippen LogP contribution in [0, 0.1) is 5.92 Å². The zero-order valence-electron chi connectivity index (χ0n) is 13.4. The van der Waals surface area contributed by atoms with Gasteiger partial charge in [0.25, 0.3) is 5.91 Å². The monoisotopic (exact) mass is 301 g/mol. The highest BCUT2D eigenvalue weighted by atomic mass is 16.3. The summed E-state index contributed by atoms with van der Waals surface area (Å²) in [6.07, 6.45) is 3.13. The second-order valence-corrected chi connectivity index (χ2v) is 6.17. The van der Waals surface area contributed by atoms with E-state index in [0.717, 1.165) is 19.3 Å². The number of amides is 1. The molecule has 1 amide bonds. The lowest BCUT2D eigenvalue weighted by atomic mass is 10.0. The number of rotatable bonds is 6. The second kappa shape index (κ2) is 7.25. The second-order valence-electron chi connectivity index (χ2n) is 6.17. The number of carbonyl (C=O) groups is 1. The van der Waals surface area contributed by atoms with Gasteiger partial charge in [-0.1, -0.05) is 38.8 Å². The summed E-state index contributed by atoms with van der Waals surface area (Å²) in [6.45, 7) is 6.34. The number of hydrogen-bond acceptors (Lipinski definition) is 3. The van der Waals surface area contributed by atoms with Gasteiger partial charge in [-0.3, -0.25) is 9.59 Å². The van der Waals surface area contributed by atoms with Gasteiger partial charge in [0.05, 0.1) is 5.39 Å². The lowest BCUT2D eigenvalue weighted by Gasteiger charge is -2.14. The zero-order chi connectivity index (χ0) is 16.1. The van der Waals surface area contributed by atoms with Crippen LogP contribution < -0.4 is 10.7 Å². The van der Waals surface area contributed by atoms with Gasteiger partial charge >= 0.3 is 0 Å². The Balaban J connectivity index is 2.05. The summed E-state index contributed by atoms with van der Waals surface area (Å²) in [5.74, 6) is 0.403. The summed E-state index contributed by atoms with van der Waals surface area (Å²) in [7, 11) is 0. The smallest absolute Gasteiger partial charge is 0.287 e.